The lowest BCUT2D eigenvalue weighted by atomic mass is 9.81. The molecule has 8 heteroatoms. The fourth-order valence-electron chi connectivity index (χ4n) is 6.71. The van der Waals surface area contributed by atoms with Crippen molar-refractivity contribution >= 4 is 21.7 Å². The van der Waals surface area contributed by atoms with Gasteiger partial charge in [-0.3, -0.25) is 9.59 Å². The third kappa shape index (κ3) is 7.46. The maximum Gasteiger partial charge on any atom is 0.226 e. The third-order valence-electron chi connectivity index (χ3n) is 9.25. The van der Waals surface area contributed by atoms with Gasteiger partial charge in [-0.15, -0.1) is 0 Å². The number of carbonyl (C=O) groups excluding carboxylic acids is 2. The van der Waals surface area contributed by atoms with Crippen molar-refractivity contribution in [1.82, 2.24) is 10.2 Å². The molecule has 3 aliphatic rings. The van der Waals surface area contributed by atoms with Crippen molar-refractivity contribution in [2.75, 3.05) is 12.4 Å². The highest BCUT2D eigenvalue weighted by Gasteiger charge is 2.41. The predicted molar refractivity (Wildman–Crippen MR) is 143 cm³/mol. The van der Waals surface area contributed by atoms with Crippen LogP contribution in [0.3, 0.4) is 0 Å². The Hall–Kier alpha value is -1.15. The van der Waals surface area contributed by atoms with Crippen LogP contribution in [0.5, 0.6) is 0 Å². The number of nitrogens with zero attached hydrogens (tertiary/aromatic N) is 1. The lowest BCUT2D eigenvalue weighted by Gasteiger charge is -2.47. The SMILES string of the molecule is CCS(=O)(=O)C1CCC(CC(=O)NC2CCC(C(=O)N(C3CCC(C)CC3)C(C)(C)CO)CC2)CC1. The lowest BCUT2D eigenvalue weighted by Crippen LogP contribution is -2.58. The molecule has 3 saturated carbocycles. The first-order valence-corrected chi connectivity index (χ1v) is 16.1. The van der Waals surface area contributed by atoms with E-state index in [9.17, 15) is 23.1 Å². The van der Waals surface area contributed by atoms with Crippen LogP contribution in [0.2, 0.25) is 0 Å². The Morgan fingerprint density at radius 3 is 2.03 bits per heavy atom. The maximum atomic E-state index is 13.7. The normalized spacial score (nSPS) is 32.0. The Bertz CT molecular complexity index is 834. The Kier molecular flexibility index (Phi) is 10.3. The summed E-state index contributed by atoms with van der Waals surface area (Å²) in [4.78, 5) is 28.4. The average molecular weight is 527 g/mol. The first kappa shape index (κ1) is 29.4. The Balaban J connectivity index is 1.46. The summed E-state index contributed by atoms with van der Waals surface area (Å²) in [6.45, 7) is 7.89. The summed E-state index contributed by atoms with van der Waals surface area (Å²) in [5, 5.41) is 13.0. The molecule has 0 bridgehead atoms. The zero-order chi connectivity index (χ0) is 26.5. The minimum absolute atomic E-state index is 0.0392. The molecule has 0 saturated heterocycles. The summed E-state index contributed by atoms with van der Waals surface area (Å²) in [6, 6.07) is 0.309. The van der Waals surface area contributed by atoms with E-state index in [-0.39, 0.29) is 53.3 Å². The highest BCUT2D eigenvalue weighted by molar-refractivity contribution is 7.92. The summed E-state index contributed by atoms with van der Waals surface area (Å²) in [6.07, 6.45) is 10.8. The van der Waals surface area contributed by atoms with Crippen molar-refractivity contribution in [3.63, 3.8) is 0 Å². The second-order valence-corrected chi connectivity index (χ2v) is 15.1. The van der Waals surface area contributed by atoms with E-state index < -0.39 is 15.4 Å². The molecule has 0 radical (unpaired) electrons. The second-order valence-electron chi connectivity index (χ2n) is 12.5. The van der Waals surface area contributed by atoms with E-state index in [1.54, 1.807) is 6.92 Å². The van der Waals surface area contributed by atoms with Gasteiger partial charge in [-0.05, 0) is 103 Å². The topological polar surface area (TPSA) is 104 Å². The number of hydrogen-bond donors (Lipinski definition) is 2. The van der Waals surface area contributed by atoms with E-state index in [1.807, 2.05) is 18.7 Å². The van der Waals surface area contributed by atoms with Crippen LogP contribution in [0, 0.1) is 17.8 Å². The maximum absolute atomic E-state index is 13.7. The van der Waals surface area contributed by atoms with Crippen LogP contribution >= 0.6 is 0 Å². The molecule has 3 rings (SSSR count). The molecule has 0 aromatic heterocycles. The lowest BCUT2D eigenvalue weighted by molar-refractivity contribution is -0.149. The molecule has 0 aromatic rings. The second kappa shape index (κ2) is 12.6. The van der Waals surface area contributed by atoms with Crippen LogP contribution in [-0.2, 0) is 19.4 Å². The minimum atomic E-state index is -2.98. The summed E-state index contributed by atoms with van der Waals surface area (Å²) in [5.41, 5.74) is -0.567. The Labute approximate surface area is 219 Å². The molecule has 3 aliphatic carbocycles. The zero-order valence-corrected chi connectivity index (χ0v) is 23.8. The van der Waals surface area contributed by atoms with E-state index in [2.05, 4.69) is 12.2 Å². The van der Waals surface area contributed by atoms with Crippen molar-refractivity contribution in [1.29, 1.82) is 0 Å². The number of rotatable bonds is 9. The van der Waals surface area contributed by atoms with Crippen LogP contribution in [0.1, 0.15) is 111 Å². The van der Waals surface area contributed by atoms with Gasteiger partial charge in [0.25, 0.3) is 0 Å². The van der Waals surface area contributed by atoms with E-state index in [0.29, 0.717) is 25.2 Å². The standard InChI is InChI=1S/C28H50N2O5S/c1-5-36(34,35)25-16-8-21(9-17-25)18-26(32)29-23-12-10-22(11-13-23)27(33)30(28(3,4)19-31)24-14-6-20(2)7-15-24/h20-25,31H,5-19H2,1-4H3,(H,29,32). The molecule has 2 N–H and O–H groups in total. The number of amides is 2. The molecule has 0 heterocycles. The minimum Gasteiger partial charge on any atom is -0.394 e. The van der Waals surface area contributed by atoms with Crippen LogP contribution in [0.25, 0.3) is 0 Å². The molecule has 3 fully saturated rings. The molecule has 2 amide bonds. The van der Waals surface area contributed by atoms with Crippen LogP contribution in [-0.4, -0.2) is 65.5 Å². The molecule has 208 valence electrons. The zero-order valence-electron chi connectivity index (χ0n) is 23.0. The van der Waals surface area contributed by atoms with E-state index in [1.165, 1.54) is 0 Å². The number of nitrogens with one attached hydrogen (secondary N) is 1. The molecule has 36 heavy (non-hydrogen) atoms. The quantitative estimate of drug-likeness (QED) is 0.468. The fourth-order valence-corrected chi connectivity index (χ4v) is 8.17. The van der Waals surface area contributed by atoms with Crippen LogP contribution < -0.4 is 5.32 Å². The van der Waals surface area contributed by atoms with E-state index >= 15 is 0 Å². The van der Waals surface area contributed by atoms with Crippen LogP contribution in [0.15, 0.2) is 0 Å². The first-order chi connectivity index (χ1) is 17.0. The first-order valence-electron chi connectivity index (χ1n) is 14.4. The van der Waals surface area contributed by atoms with E-state index in [4.69, 9.17) is 0 Å². The van der Waals surface area contributed by atoms with E-state index in [0.717, 1.165) is 64.2 Å². The monoisotopic (exact) mass is 526 g/mol. The van der Waals surface area contributed by atoms with Gasteiger partial charge in [-0.2, -0.15) is 0 Å². The average Bonchev–Trinajstić information content (AvgIpc) is 2.86. The predicted octanol–water partition coefficient (Wildman–Crippen LogP) is 4.22. The van der Waals surface area contributed by atoms with Crippen molar-refractivity contribution in [3.8, 4) is 0 Å². The summed E-state index contributed by atoms with van der Waals surface area (Å²) in [7, 11) is -2.98. The van der Waals surface area contributed by atoms with Crippen LogP contribution in [0.4, 0.5) is 0 Å². The molecule has 0 aliphatic heterocycles. The highest BCUT2D eigenvalue weighted by atomic mass is 32.2. The van der Waals surface area contributed by atoms with Gasteiger partial charge in [-0.25, -0.2) is 8.42 Å². The molecule has 0 unspecified atom stereocenters. The third-order valence-corrected chi connectivity index (χ3v) is 11.5. The van der Waals surface area contributed by atoms with Crippen molar-refractivity contribution < 1.29 is 23.1 Å². The fraction of sp³-hybridized carbons (Fsp3) is 0.929. The number of sulfone groups is 1. The van der Waals surface area contributed by atoms with Gasteiger partial charge in [0.05, 0.1) is 17.4 Å². The largest absolute Gasteiger partial charge is 0.394 e. The number of aliphatic hydroxyl groups excluding tert-OH is 1. The van der Waals surface area contributed by atoms with Gasteiger partial charge in [0.2, 0.25) is 11.8 Å². The van der Waals surface area contributed by atoms with Gasteiger partial charge in [0.1, 0.15) is 0 Å². The molecule has 0 spiro atoms. The summed E-state index contributed by atoms with van der Waals surface area (Å²) < 4.78 is 24.2. The molecule has 0 aromatic carbocycles. The number of aliphatic hydroxyl groups is 1. The van der Waals surface area contributed by atoms with Crippen molar-refractivity contribution in [3.05, 3.63) is 0 Å². The Morgan fingerprint density at radius 1 is 0.917 bits per heavy atom. The smallest absolute Gasteiger partial charge is 0.226 e. The van der Waals surface area contributed by atoms with Crippen molar-refractivity contribution in [2.45, 2.75) is 134 Å². The van der Waals surface area contributed by atoms with Crippen molar-refractivity contribution in [2.24, 2.45) is 17.8 Å². The van der Waals surface area contributed by atoms with Gasteiger partial charge < -0.3 is 15.3 Å². The van der Waals surface area contributed by atoms with Gasteiger partial charge in [-0.1, -0.05) is 13.8 Å². The van der Waals surface area contributed by atoms with Gasteiger partial charge in [0, 0.05) is 30.2 Å². The Morgan fingerprint density at radius 2 is 1.50 bits per heavy atom. The van der Waals surface area contributed by atoms with Gasteiger partial charge >= 0.3 is 0 Å². The number of hydrogen-bond acceptors (Lipinski definition) is 5. The molecular weight excluding hydrogens is 476 g/mol. The number of carbonyl (C=O) groups is 2. The summed E-state index contributed by atoms with van der Waals surface area (Å²) in [5.74, 6) is 1.36. The highest BCUT2D eigenvalue weighted by Crippen LogP contribution is 2.36. The molecule has 7 nitrogen and oxygen atoms in total. The summed E-state index contributed by atoms with van der Waals surface area (Å²) >= 11 is 0. The molecule has 0 atom stereocenters. The van der Waals surface area contributed by atoms with Gasteiger partial charge in [0.15, 0.2) is 9.84 Å². The molecular formula is C28H50N2O5S.